The van der Waals surface area contributed by atoms with Gasteiger partial charge >= 0.3 is 6.09 Å². The summed E-state index contributed by atoms with van der Waals surface area (Å²) in [6, 6.07) is 8.29. The summed E-state index contributed by atoms with van der Waals surface area (Å²) >= 11 is 0. The first-order valence-electron chi connectivity index (χ1n) is 11.0. The number of aryl methyl sites for hydroxylation is 1. The van der Waals surface area contributed by atoms with Gasteiger partial charge in [0.25, 0.3) is 0 Å². The van der Waals surface area contributed by atoms with Crippen LogP contribution in [0.2, 0.25) is 0 Å². The molecule has 8 nitrogen and oxygen atoms in total. The fourth-order valence-corrected chi connectivity index (χ4v) is 3.20. The minimum Gasteiger partial charge on any atom is -0.444 e. The molecular weight excluding hydrogens is 408 g/mol. The Bertz CT molecular complexity index is 809. The lowest BCUT2D eigenvalue weighted by Crippen LogP contribution is -2.49. The summed E-state index contributed by atoms with van der Waals surface area (Å²) in [4.78, 5) is 39.3. The summed E-state index contributed by atoms with van der Waals surface area (Å²) in [5.41, 5.74) is 0.986. The van der Waals surface area contributed by atoms with Gasteiger partial charge in [-0.05, 0) is 51.7 Å². The molecule has 2 atom stereocenters. The molecule has 0 fully saturated rings. The van der Waals surface area contributed by atoms with Crippen molar-refractivity contribution < 1.29 is 19.1 Å². The fourth-order valence-electron chi connectivity index (χ4n) is 3.20. The molecule has 0 saturated heterocycles. The molecule has 0 aliphatic rings. The van der Waals surface area contributed by atoms with Crippen LogP contribution in [0.25, 0.3) is 0 Å². The SMILES string of the molecule is CCCC(C)NC(=O)C(c1ccc(CC)cc1)N(CC#N)C(=O)CNC(=O)OC(C)(C)C. The second kappa shape index (κ2) is 12.7. The molecular formula is C24H36N4O4. The Morgan fingerprint density at radius 3 is 2.28 bits per heavy atom. The minimum atomic E-state index is -0.993. The molecule has 0 spiro atoms. The Labute approximate surface area is 191 Å². The number of rotatable bonds is 10. The number of amides is 3. The molecule has 0 radical (unpaired) electrons. The first kappa shape index (κ1) is 27.0. The van der Waals surface area contributed by atoms with Gasteiger partial charge in [-0.3, -0.25) is 9.59 Å². The summed E-state index contributed by atoms with van der Waals surface area (Å²) < 4.78 is 5.16. The van der Waals surface area contributed by atoms with Crippen LogP contribution in [-0.2, 0) is 20.7 Å². The van der Waals surface area contributed by atoms with Crippen molar-refractivity contribution in [1.29, 1.82) is 5.26 Å². The van der Waals surface area contributed by atoms with Crippen LogP contribution in [0.4, 0.5) is 4.79 Å². The third-order valence-electron chi connectivity index (χ3n) is 4.72. The number of alkyl carbamates (subject to hydrolysis) is 1. The van der Waals surface area contributed by atoms with Crippen molar-refractivity contribution in [3.05, 3.63) is 35.4 Å². The molecule has 1 rings (SSSR count). The maximum atomic E-state index is 13.2. The number of nitriles is 1. The van der Waals surface area contributed by atoms with E-state index in [-0.39, 0.29) is 18.5 Å². The van der Waals surface area contributed by atoms with Crippen LogP contribution in [0.3, 0.4) is 0 Å². The van der Waals surface area contributed by atoms with E-state index in [4.69, 9.17) is 4.74 Å². The highest BCUT2D eigenvalue weighted by Gasteiger charge is 2.32. The standard InChI is InChI=1S/C24H36N4O4/c1-7-9-17(3)27-22(30)21(19-12-10-18(8-2)11-13-19)28(15-14-25)20(29)16-26-23(31)32-24(4,5)6/h10-13,17,21H,7-9,15-16H2,1-6H3,(H,26,31)(H,27,30). The van der Waals surface area contributed by atoms with E-state index < -0.39 is 30.2 Å². The van der Waals surface area contributed by atoms with Gasteiger partial charge in [-0.15, -0.1) is 0 Å². The molecule has 1 aromatic carbocycles. The van der Waals surface area contributed by atoms with E-state index in [0.717, 1.165) is 24.8 Å². The normalized spacial score (nSPS) is 12.8. The number of carbonyl (C=O) groups excluding carboxylic acids is 3. The molecule has 0 heterocycles. The van der Waals surface area contributed by atoms with Crippen LogP contribution < -0.4 is 10.6 Å². The quantitative estimate of drug-likeness (QED) is 0.537. The zero-order valence-electron chi connectivity index (χ0n) is 20.0. The molecule has 0 bridgehead atoms. The summed E-state index contributed by atoms with van der Waals surface area (Å²) in [5, 5.41) is 14.7. The maximum absolute atomic E-state index is 13.2. The van der Waals surface area contributed by atoms with Gasteiger partial charge in [0, 0.05) is 6.04 Å². The van der Waals surface area contributed by atoms with Gasteiger partial charge in [0.2, 0.25) is 11.8 Å². The van der Waals surface area contributed by atoms with Gasteiger partial charge in [0.05, 0.1) is 6.07 Å². The maximum Gasteiger partial charge on any atom is 0.408 e. The number of hydrogen-bond acceptors (Lipinski definition) is 5. The van der Waals surface area contributed by atoms with Crippen molar-refractivity contribution in [2.45, 2.75) is 78.5 Å². The van der Waals surface area contributed by atoms with Crippen molar-refractivity contribution in [1.82, 2.24) is 15.5 Å². The lowest BCUT2D eigenvalue weighted by Gasteiger charge is -2.31. The summed E-state index contributed by atoms with van der Waals surface area (Å²) in [7, 11) is 0. The van der Waals surface area contributed by atoms with Crippen molar-refractivity contribution in [2.75, 3.05) is 13.1 Å². The number of nitrogens with zero attached hydrogens (tertiary/aromatic N) is 2. The van der Waals surface area contributed by atoms with E-state index >= 15 is 0 Å². The van der Waals surface area contributed by atoms with Gasteiger partial charge in [-0.1, -0.05) is 44.5 Å². The molecule has 32 heavy (non-hydrogen) atoms. The Morgan fingerprint density at radius 1 is 1.16 bits per heavy atom. The van der Waals surface area contributed by atoms with Crippen molar-refractivity contribution >= 4 is 17.9 Å². The van der Waals surface area contributed by atoms with Crippen LogP contribution >= 0.6 is 0 Å². The number of hydrogen-bond donors (Lipinski definition) is 2. The fraction of sp³-hybridized carbons (Fsp3) is 0.583. The highest BCUT2D eigenvalue weighted by atomic mass is 16.6. The molecule has 2 N–H and O–H groups in total. The molecule has 176 valence electrons. The molecule has 0 aliphatic carbocycles. The van der Waals surface area contributed by atoms with Gasteiger partial charge in [0.15, 0.2) is 0 Å². The topological polar surface area (TPSA) is 112 Å². The van der Waals surface area contributed by atoms with Gasteiger partial charge in [-0.25, -0.2) is 4.79 Å². The number of benzene rings is 1. The van der Waals surface area contributed by atoms with Gasteiger partial charge in [0.1, 0.15) is 24.7 Å². The summed E-state index contributed by atoms with van der Waals surface area (Å²) in [6.07, 6.45) is 1.79. The van der Waals surface area contributed by atoms with E-state index in [0.29, 0.717) is 5.56 Å². The number of nitrogens with one attached hydrogen (secondary N) is 2. The van der Waals surface area contributed by atoms with Crippen LogP contribution in [0.15, 0.2) is 24.3 Å². The second-order valence-corrected chi connectivity index (χ2v) is 8.73. The zero-order chi connectivity index (χ0) is 24.3. The molecule has 2 unspecified atom stereocenters. The zero-order valence-corrected chi connectivity index (χ0v) is 20.0. The third kappa shape index (κ3) is 8.96. The van der Waals surface area contributed by atoms with Gasteiger partial charge in [-0.2, -0.15) is 5.26 Å². The Balaban J connectivity index is 3.16. The lowest BCUT2D eigenvalue weighted by molar-refractivity contribution is -0.139. The highest BCUT2D eigenvalue weighted by molar-refractivity contribution is 5.90. The average molecular weight is 445 g/mol. The number of ether oxygens (including phenoxy) is 1. The first-order chi connectivity index (χ1) is 15.0. The first-order valence-corrected chi connectivity index (χ1v) is 11.0. The van der Waals surface area contributed by atoms with E-state index in [9.17, 15) is 19.6 Å². The largest absolute Gasteiger partial charge is 0.444 e. The van der Waals surface area contributed by atoms with Crippen molar-refractivity contribution in [3.8, 4) is 6.07 Å². The average Bonchev–Trinajstić information content (AvgIpc) is 2.71. The van der Waals surface area contributed by atoms with Crippen LogP contribution in [0.1, 0.15) is 71.6 Å². The van der Waals surface area contributed by atoms with Crippen molar-refractivity contribution in [3.63, 3.8) is 0 Å². The van der Waals surface area contributed by atoms with Crippen molar-refractivity contribution in [2.24, 2.45) is 0 Å². The highest BCUT2D eigenvalue weighted by Crippen LogP contribution is 2.23. The monoisotopic (exact) mass is 444 g/mol. The molecule has 1 aromatic rings. The number of carbonyl (C=O) groups is 3. The van der Waals surface area contributed by atoms with E-state index in [1.54, 1.807) is 32.9 Å². The Morgan fingerprint density at radius 2 is 1.78 bits per heavy atom. The predicted molar refractivity (Wildman–Crippen MR) is 123 cm³/mol. The van der Waals surface area contributed by atoms with E-state index in [2.05, 4.69) is 10.6 Å². The Kier molecular flexibility index (Phi) is 10.7. The minimum absolute atomic E-state index is 0.0798. The third-order valence-corrected chi connectivity index (χ3v) is 4.72. The lowest BCUT2D eigenvalue weighted by atomic mass is 10.0. The summed E-state index contributed by atoms with van der Waals surface area (Å²) in [5.74, 6) is -0.920. The molecule has 3 amide bonds. The van der Waals surface area contributed by atoms with Crippen LogP contribution in [-0.4, -0.2) is 47.5 Å². The van der Waals surface area contributed by atoms with E-state index in [1.807, 2.05) is 39.0 Å². The smallest absolute Gasteiger partial charge is 0.408 e. The molecule has 0 aliphatic heterocycles. The molecule has 0 aromatic heterocycles. The molecule has 0 saturated carbocycles. The second-order valence-electron chi connectivity index (χ2n) is 8.73. The van der Waals surface area contributed by atoms with E-state index in [1.165, 1.54) is 4.90 Å². The van der Waals surface area contributed by atoms with Gasteiger partial charge < -0.3 is 20.3 Å². The predicted octanol–water partition coefficient (Wildman–Crippen LogP) is 3.47. The Hall–Kier alpha value is -3.08. The molecule has 8 heteroatoms. The van der Waals surface area contributed by atoms with Crippen LogP contribution in [0.5, 0.6) is 0 Å². The summed E-state index contributed by atoms with van der Waals surface area (Å²) in [6.45, 7) is 10.4. The van der Waals surface area contributed by atoms with Crippen LogP contribution in [0, 0.1) is 11.3 Å².